The van der Waals surface area contributed by atoms with Gasteiger partial charge in [0, 0.05) is 10.9 Å². The number of hydrogen-bond donors (Lipinski definition) is 1. The fraction of sp³-hybridized carbons (Fsp3) is 0.333. The first kappa shape index (κ1) is 17.5. The quantitative estimate of drug-likeness (QED) is 0.733. The highest BCUT2D eigenvalue weighted by Crippen LogP contribution is 2.30. The molecule has 1 amide bonds. The van der Waals surface area contributed by atoms with Gasteiger partial charge in [-0.3, -0.25) is 10.1 Å². The second kappa shape index (κ2) is 7.18. The van der Waals surface area contributed by atoms with Crippen molar-refractivity contribution in [2.45, 2.75) is 24.1 Å². The average molecular weight is 378 g/mol. The zero-order chi connectivity index (χ0) is 16.3. The molecule has 0 atom stereocenters. The highest BCUT2D eigenvalue weighted by molar-refractivity contribution is 7.14. The molecule has 0 aliphatic rings. The molecule has 1 aromatic carbocycles. The largest absolute Gasteiger partial charge is 0.298 e. The Morgan fingerprint density at radius 3 is 2.45 bits per heavy atom. The lowest BCUT2D eigenvalue weighted by Crippen LogP contribution is -2.26. The molecule has 0 radical (unpaired) electrons. The third kappa shape index (κ3) is 4.85. The Hall–Kier alpha value is -0.810. The van der Waals surface area contributed by atoms with Crippen molar-refractivity contribution in [2.24, 2.45) is 5.92 Å². The number of carbonyl (C=O) groups is 1. The summed E-state index contributed by atoms with van der Waals surface area (Å²) < 4.78 is -2.00. The summed E-state index contributed by atoms with van der Waals surface area (Å²) in [5, 5.41) is 4.74. The topological polar surface area (TPSA) is 42.0 Å². The van der Waals surface area contributed by atoms with Crippen LogP contribution in [0, 0.1) is 5.92 Å². The van der Waals surface area contributed by atoms with Crippen LogP contribution in [0.1, 0.15) is 19.4 Å². The Labute approximate surface area is 148 Å². The molecule has 0 saturated heterocycles. The Morgan fingerprint density at radius 1 is 1.27 bits per heavy atom. The first-order chi connectivity index (χ1) is 10.3. The Kier molecular flexibility index (Phi) is 5.72. The highest BCUT2D eigenvalue weighted by Gasteiger charge is 2.31. The molecular weight excluding hydrogens is 363 g/mol. The molecular formula is C15H15Cl3N2OS. The van der Waals surface area contributed by atoms with E-state index in [2.05, 4.69) is 36.3 Å². The van der Waals surface area contributed by atoms with Gasteiger partial charge in [-0.05, 0) is 17.9 Å². The van der Waals surface area contributed by atoms with Crippen LogP contribution >= 0.6 is 46.1 Å². The van der Waals surface area contributed by atoms with E-state index in [1.165, 1.54) is 16.9 Å². The molecule has 0 spiro atoms. The van der Waals surface area contributed by atoms with Crippen molar-refractivity contribution >= 4 is 57.2 Å². The molecule has 1 heterocycles. The van der Waals surface area contributed by atoms with Gasteiger partial charge in [0.2, 0.25) is 0 Å². The van der Waals surface area contributed by atoms with Gasteiger partial charge >= 0.3 is 0 Å². The van der Waals surface area contributed by atoms with E-state index in [0.717, 1.165) is 17.7 Å². The van der Waals surface area contributed by atoms with Crippen LogP contribution in [0.2, 0.25) is 0 Å². The molecule has 2 aromatic rings. The first-order valence-electron chi connectivity index (χ1n) is 6.68. The predicted molar refractivity (Wildman–Crippen MR) is 95.0 cm³/mol. The summed E-state index contributed by atoms with van der Waals surface area (Å²) in [5.41, 5.74) is 3.05. The van der Waals surface area contributed by atoms with E-state index in [-0.39, 0.29) is 0 Å². The normalized spacial score (nSPS) is 11.7. The maximum Gasteiger partial charge on any atom is 0.278 e. The van der Waals surface area contributed by atoms with Crippen LogP contribution in [-0.4, -0.2) is 14.7 Å². The van der Waals surface area contributed by atoms with Crippen LogP contribution in [0.4, 0.5) is 5.13 Å². The molecule has 0 bridgehead atoms. The predicted octanol–water partition coefficient (Wildman–Crippen LogP) is 5.32. The van der Waals surface area contributed by atoms with Crippen molar-refractivity contribution < 1.29 is 4.79 Å². The number of halogens is 3. The summed E-state index contributed by atoms with van der Waals surface area (Å²) in [4.78, 5) is 15.9. The van der Waals surface area contributed by atoms with Crippen molar-refractivity contribution in [3.05, 3.63) is 35.2 Å². The average Bonchev–Trinajstić information content (AvgIpc) is 2.86. The van der Waals surface area contributed by atoms with E-state index in [1.54, 1.807) is 0 Å². The van der Waals surface area contributed by atoms with E-state index in [4.69, 9.17) is 34.8 Å². The number of alkyl halides is 3. The molecule has 2 rings (SSSR count). The zero-order valence-electron chi connectivity index (χ0n) is 12.1. The standard InChI is InChI=1S/C15H15Cl3N2OS/c1-9(2)7-10-3-5-11(6-4-10)12-8-22-14(19-12)20-13(21)15(16,17)18/h3-6,8-9H,7H2,1-2H3,(H,19,20,21). The molecule has 1 N–H and O–H groups in total. The van der Waals surface area contributed by atoms with Gasteiger partial charge in [-0.15, -0.1) is 11.3 Å². The molecule has 0 aliphatic heterocycles. The van der Waals surface area contributed by atoms with Crippen LogP contribution in [0.3, 0.4) is 0 Å². The summed E-state index contributed by atoms with van der Waals surface area (Å²) in [6.45, 7) is 4.38. The van der Waals surface area contributed by atoms with Crippen molar-refractivity contribution in [3.63, 3.8) is 0 Å². The number of anilines is 1. The van der Waals surface area contributed by atoms with E-state index in [0.29, 0.717) is 11.0 Å². The third-order valence-corrected chi connectivity index (χ3v) is 4.15. The van der Waals surface area contributed by atoms with Gasteiger partial charge in [-0.25, -0.2) is 4.98 Å². The lowest BCUT2D eigenvalue weighted by Gasteiger charge is -2.08. The third-order valence-electron chi connectivity index (χ3n) is 2.88. The number of carbonyl (C=O) groups excluding carboxylic acids is 1. The SMILES string of the molecule is CC(C)Cc1ccc(-c2csc(NC(=O)C(Cl)(Cl)Cl)n2)cc1. The lowest BCUT2D eigenvalue weighted by atomic mass is 10.0. The van der Waals surface area contributed by atoms with Gasteiger partial charge in [0.1, 0.15) is 0 Å². The summed E-state index contributed by atoms with van der Waals surface area (Å²) in [5.74, 6) is -0.0976. The Morgan fingerprint density at radius 2 is 1.91 bits per heavy atom. The van der Waals surface area contributed by atoms with E-state index in [9.17, 15) is 4.79 Å². The fourth-order valence-corrected chi connectivity index (χ4v) is 2.77. The minimum absolute atomic E-state index is 0.401. The highest BCUT2D eigenvalue weighted by atomic mass is 35.6. The number of aromatic nitrogens is 1. The summed E-state index contributed by atoms with van der Waals surface area (Å²) in [6.07, 6.45) is 1.04. The molecule has 0 saturated carbocycles. The zero-order valence-corrected chi connectivity index (χ0v) is 15.2. The van der Waals surface area contributed by atoms with Gasteiger partial charge in [-0.2, -0.15) is 0 Å². The second-order valence-electron chi connectivity index (χ2n) is 5.28. The minimum atomic E-state index is -2.00. The number of benzene rings is 1. The fourth-order valence-electron chi connectivity index (χ4n) is 1.91. The number of hydrogen-bond acceptors (Lipinski definition) is 3. The van der Waals surface area contributed by atoms with Gasteiger partial charge in [-0.1, -0.05) is 72.9 Å². The van der Waals surface area contributed by atoms with Crippen LogP contribution in [0.25, 0.3) is 11.3 Å². The second-order valence-corrected chi connectivity index (χ2v) is 8.42. The molecule has 3 nitrogen and oxygen atoms in total. The lowest BCUT2D eigenvalue weighted by molar-refractivity contribution is -0.115. The molecule has 0 aliphatic carbocycles. The number of nitrogens with one attached hydrogen (secondary N) is 1. The smallest absolute Gasteiger partial charge is 0.278 e. The van der Waals surface area contributed by atoms with E-state index in [1.807, 2.05) is 17.5 Å². The Balaban J connectivity index is 2.09. The van der Waals surface area contributed by atoms with Crippen LogP contribution in [0.5, 0.6) is 0 Å². The van der Waals surface area contributed by atoms with Crippen LogP contribution in [0.15, 0.2) is 29.6 Å². The van der Waals surface area contributed by atoms with Crippen molar-refractivity contribution in [3.8, 4) is 11.3 Å². The van der Waals surface area contributed by atoms with Crippen molar-refractivity contribution in [1.29, 1.82) is 0 Å². The number of nitrogens with zero attached hydrogens (tertiary/aromatic N) is 1. The van der Waals surface area contributed by atoms with E-state index < -0.39 is 9.70 Å². The summed E-state index contributed by atoms with van der Waals surface area (Å²) in [6, 6.07) is 8.23. The van der Waals surface area contributed by atoms with Crippen LogP contribution < -0.4 is 5.32 Å². The molecule has 118 valence electrons. The molecule has 22 heavy (non-hydrogen) atoms. The van der Waals surface area contributed by atoms with Crippen molar-refractivity contribution in [2.75, 3.05) is 5.32 Å². The summed E-state index contributed by atoms with van der Waals surface area (Å²) >= 11 is 17.8. The van der Waals surface area contributed by atoms with Crippen molar-refractivity contribution in [1.82, 2.24) is 4.98 Å². The molecule has 0 fully saturated rings. The van der Waals surface area contributed by atoms with Gasteiger partial charge in [0.05, 0.1) is 5.69 Å². The monoisotopic (exact) mass is 376 g/mol. The number of thiazole rings is 1. The Bertz CT molecular complexity index is 648. The van der Waals surface area contributed by atoms with Gasteiger partial charge in [0.15, 0.2) is 5.13 Å². The number of amides is 1. The molecule has 1 aromatic heterocycles. The van der Waals surface area contributed by atoms with Crippen LogP contribution in [-0.2, 0) is 11.2 Å². The van der Waals surface area contributed by atoms with E-state index >= 15 is 0 Å². The number of rotatable bonds is 4. The maximum atomic E-state index is 11.6. The first-order valence-corrected chi connectivity index (χ1v) is 8.70. The minimum Gasteiger partial charge on any atom is -0.298 e. The molecule has 7 heteroatoms. The molecule has 0 unspecified atom stereocenters. The maximum absolute atomic E-state index is 11.6. The summed E-state index contributed by atoms with van der Waals surface area (Å²) in [7, 11) is 0. The van der Waals surface area contributed by atoms with Gasteiger partial charge in [0.25, 0.3) is 9.70 Å². The van der Waals surface area contributed by atoms with Gasteiger partial charge < -0.3 is 0 Å².